The molecule has 3 nitrogen and oxygen atoms in total. The molecule has 0 aliphatic rings. The molecule has 0 saturated carbocycles. The number of hydrogen-bond acceptors (Lipinski definition) is 3. The molecule has 0 aliphatic carbocycles. The van der Waals surface area contributed by atoms with E-state index in [0.29, 0.717) is 6.54 Å². The Kier molecular flexibility index (Phi) is 4.70. The number of pyridine rings is 1. The van der Waals surface area contributed by atoms with Gasteiger partial charge < -0.3 is 11.5 Å². The van der Waals surface area contributed by atoms with Crippen molar-refractivity contribution in [3.8, 4) is 0 Å². The van der Waals surface area contributed by atoms with Crippen LogP contribution in [0.3, 0.4) is 0 Å². The second-order valence-electron chi connectivity index (χ2n) is 4.44. The highest BCUT2D eigenvalue weighted by Crippen LogP contribution is 2.24. The summed E-state index contributed by atoms with van der Waals surface area (Å²) in [5.41, 5.74) is 14.8. The SMILES string of the molecule is NCCC(C(N)=Cc1ccccc1)c1ccccn1. The number of rotatable bonds is 5. The topological polar surface area (TPSA) is 64.9 Å². The van der Waals surface area contributed by atoms with E-state index in [1.165, 1.54) is 0 Å². The number of benzene rings is 1. The van der Waals surface area contributed by atoms with E-state index in [-0.39, 0.29) is 5.92 Å². The number of aromatic nitrogens is 1. The fraction of sp³-hybridized carbons (Fsp3) is 0.188. The van der Waals surface area contributed by atoms with Gasteiger partial charge in [0.2, 0.25) is 0 Å². The van der Waals surface area contributed by atoms with Gasteiger partial charge in [0.05, 0.1) is 0 Å². The largest absolute Gasteiger partial charge is 0.401 e. The molecule has 0 bridgehead atoms. The van der Waals surface area contributed by atoms with Gasteiger partial charge in [0.25, 0.3) is 0 Å². The van der Waals surface area contributed by atoms with Crippen LogP contribution < -0.4 is 11.5 Å². The average molecular weight is 253 g/mol. The molecule has 3 heteroatoms. The molecule has 1 aromatic heterocycles. The van der Waals surface area contributed by atoms with Crippen LogP contribution in [0.4, 0.5) is 0 Å². The van der Waals surface area contributed by atoms with Gasteiger partial charge in [0, 0.05) is 23.5 Å². The first-order valence-corrected chi connectivity index (χ1v) is 6.44. The smallest absolute Gasteiger partial charge is 0.0493 e. The van der Waals surface area contributed by atoms with E-state index in [0.717, 1.165) is 23.4 Å². The predicted octanol–water partition coefficient (Wildman–Crippen LogP) is 2.51. The van der Waals surface area contributed by atoms with Crippen LogP contribution in [0.5, 0.6) is 0 Å². The molecule has 1 unspecified atom stereocenters. The third-order valence-electron chi connectivity index (χ3n) is 3.04. The Bertz CT molecular complexity index is 520. The summed E-state index contributed by atoms with van der Waals surface area (Å²) in [7, 11) is 0. The van der Waals surface area contributed by atoms with Crippen molar-refractivity contribution in [1.29, 1.82) is 0 Å². The minimum absolute atomic E-state index is 0.0754. The maximum atomic E-state index is 6.23. The van der Waals surface area contributed by atoms with Crippen molar-refractivity contribution in [2.45, 2.75) is 12.3 Å². The maximum Gasteiger partial charge on any atom is 0.0493 e. The van der Waals surface area contributed by atoms with E-state index < -0.39 is 0 Å². The van der Waals surface area contributed by atoms with Gasteiger partial charge in [-0.25, -0.2) is 0 Å². The first kappa shape index (κ1) is 13.3. The number of allylic oxidation sites excluding steroid dienone is 1. The average Bonchev–Trinajstić information content (AvgIpc) is 2.46. The zero-order valence-electron chi connectivity index (χ0n) is 10.9. The molecule has 19 heavy (non-hydrogen) atoms. The molecule has 0 spiro atoms. The standard InChI is InChI=1S/C16H19N3/c17-10-9-14(16-8-4-5-11-19-16)15(18)12-13-6-2-1-3-7-13/h1-8,11-12,14H,9-10,17-18H2. The molecule has 0 amide bonds. The Morgan fingerprint density at radius 3 is 2.47 bits per heavy atom. The van der Waals surface area contributed by atoms with E-state index in [9.17, 15) is 0 Å². The molecular formula is C16H19N3. The Labute approximate surface area is 114 Å². The van der Waals surface area contributed by atoms with Crippen LogP contribution in [0.25, 0.3) is 6.08 Å². The number of hydrogen-bond donors (Lipinski definition) is 2. The van der Waals surface area contributed by atoms with Gasteiger partial charge in [-0.1, -0.05) is 36.4 Å². The van der Waals surface area contributed by atoms with Gasteiger partial charge in [-0.15, -0.1) is 0 Å². The van der Waals surface area contributed by atoms with Gasteiger partial charge in [-0.2, -0.15) is 0 Å². The second-order valence-corrected chi connectivity index (χ2v) is 4.44. The summed E-state index contributed by atoms with van der Waals surface area (Å²) in [6.45, 7) is 0.588. The Hall–Kier alpha value is -2.13. The van der Waals surface area contributed by atoms with Gasteiger partial charge in [0.1, 0.15) is 0 Å². The fourth-order valence-electron chi connectivity index (χ4n) is 2.08. The number of nitrogens with two attached hydrogens (primary N) is 2. The normalized spacial score (nSPS) is 13.2. The van der Waals surface area contributed by atoms with Gasteiger partial charge in [0.15, 0.2) is 0 Å². The molecule has 1 heterocycles. The van der Waals surface area contributed by atoms with Crippen molar-refractivity contribution in [3.05, 3.63) is 71.7 Å². The van der Waals surface area contributed by atoms with Gasteiger partial charge in [-0.05, 0) is 36.7 Å². The maximum absolute atomic E-state index is 6.23. The molecular weight excluding hydrogens is 234 g/mol. The second kappa shape index (κ2) is 6.71. The summed E-state index contributed by atoms with van der Waals surface area (Å²) in [5.74, 6) is 0.0754. The third kappa shape index (κ3) is 3.66. The lowest BCUT2D eigenvalue weighted by Crippen LogP contribution is -2.15. The van der Waals surface area contributed by atoms with Crippen molar-refractivity contribution in [2.75, 3.05) is 6.54 Å². The summed E-state index contributed by atoms with van der Waals surface area (Å²) < 4.78 is 0. The molecule has 0 fully saturated rings. The summed E-state index contributed by atoms with van der Waals surface area (Å²) in [5, 5.41) is 0. The highest BCUT2D eigenvalue weighted by Gasteiger charge is 2.14. The minimum Gasteiger partial charge on any atom is -0.401 e. The van der Waals surface area contributed by atoms with Crippen LogP contribution >= 0.6 is 0 Å². The molecule has 0 aliphatic heterocycles. The van der Waals surface area contributed by atoms with E-state index in [1.807, 2.05) is 54.6 Å². The molecule has 0 saturated heterocycles. The highest BCUT2D eigenvalue weighted by molar-refractivity contribution is 5.53. The van der Waals surface area contributed by atoms with Crippen LogP contribution in [0.15, 0.2) is 60.4 Å². The molecule has 4 N–H and O–H groups in total. The molecule has 1 aromatic carbocycles. The number of nitrogens with zero attached hydrogens (tertiary/aromatic N) is 1. The Balaban J connectivity index is 2.27. The molecule has 1 atom stereocenters. The van der Waals surface area contributed by atoms with E-state index in [1.54, 1.807) is 6.20 Å². The molecule has 98 valence electrons. The van der Waals surface area contributed by atoms with Gasteiger partial charge >= 0.3 is 0 Å². The molecule has 0 radical (unpaired) electrons. The monoisotopic (exact) mass is 253 g/mol. The first-order chi connectivity index (χ1) is 9.31. The van der Waals surface area contributed by atoms with Crippen LogP contribution in [-0.4, -0.2) is 11.5 Å². The molecule has 2 rings (SSSR count). The third-order valence-corrected chi connectivity index (χ3v) is 3.04. The fourth-order valence-corrected chi connectivity index (χ4v) is 2.08. The van der Waals surface area contributed by atoms with Crippen molar-refractivity contribution in [2.24, 2.45) is 11.5 Å². The van der Waals surface area contributed by atoms with Crippen LogP contribution in [-0.2, 0) is 0 Å². The quantitative estimate of drug-likeness (QED) is 0.860. The minimum atomic E-state index is 0.0754. The van der Waals surface area contributed by atoms with Crippen LogP contribution in [0.2, 0.25) is 0 Å². The first-order valence-electron chi connectivity index (χ1n) is 6.44. The van der Waals surface area contributed by atoms with Crippen molar-refractivity contribution < 1.29 is 0 Å². The highest BCUT2D eigenvalue weighted by atomic mass is 14.7. The van der Waals surface area contributed by atoms with Crippen LogP contribution in [0, 0.1) is 0 Å². The van der Waals surface area contributed by atoms with E-state index in [2.05, 4.69) is 4.98 Å². The summed E-state index contributed by atoms with van der Waals surface area (Å²) in [6.07, 6.45) is 4.58. The zero-order valence-corrected chi connectivity index (χ0v) is 10.9. The molecule has 2 aromatic rings. The summed E-state index contributed by atoms with van der Waals surface area (Å²) in [6, 6.07) is 15.9. The Morgan fingerprint density at radius 2 is 1.84 bits per heavy atom. The van der Waals surface area contributed by atoms with Crippen LogP contribution in [0.1, 0.15) is 23.6 Å². The van der Waals surface area contributed by atoms with Crippen molar-refractivity contribution >= 4 is 6.08 Å². The lowest BCUT2D eigenvalue weighted by Gasteiger charge is -2.16. The van der Waals surface area contributed by atoms with Crippen molar-refractivity contribution in [3.63, 3.8) is 0 Å². The van der Waals surface area contributed by atoms with E-state index in [4.69, 9.17) is 11.5 Å². The van der Waals surface area contributed by atoms with E-state index >= 15 is 0 Å². The van der Waals surface area contributed by atoms with Gasteiger partial charge in [-0.3, -0.25) is 4.98 Å². The predicted molar refractivity (Wildman–Crippen MR) is 79.3 cm³/mol. The van der Waals surface area contributed by atoms with Crippen molar-refractivity contribution in [1.82, 2.24) is 4.98 Å². The lowest BCUT2D eigenvalue weighted by molar-refractivity contribution is 0.690. The zero-order chi connectivity index (χ0) is 13.5. The summed E-state index contributed by atoms with van der Waals surface area (Å²) >= 11 is 0. The summed E-state index contributed by atoms with van der Waals surface area (Å²) in [4.78, 5) is 4.38. The Morgan fingerprint density at radius 1 is 1.11 bits per heavy atom. The lowest BCUT2D eigenvalue weighted by atomic mass is 9.95.